The molecule has 0 N–H and O–H groups in total. The van der Waals surface area contributed by atoms with Crippen molar-refractivity contribution in [2.45, 2.75) is 26.4 Å². The van der Waals surface area contributed by atoms with Gasteiger partial charge in [0.25, 0.3) is 0 Å². The summed E-state index contributed by atoms with van der Waals surface area (Å²) in [5.74, 6) is 0. The van der Waals surface area contributed by atoms with Crippen molar-refractivity contribution in [3.63, 3.8) is 0 Å². The van der Waals surface area contributed by atoms with Gasteiger partial charge in [-0.2, -0.15) is 0 Å². The monoisotopic (exact) mass is 162 g/mol. The SMILES string of the molecule is CCCOC(C)C(=O)SC. The Labute approximate surface area is 66.3 Å². The molecule has 0 amide bonds. The summed E-state index contributed by atoms with van der Waals surface area (Å²) in [6, 6.07) is 0. The highest BCUT2D eigenvalue weighted by atomic mass is 32.2. The van der Waals surface area contributed by atoms with Crippen molar-refractivity contribution in [2.24, 2.45) is 0 Å². The average Bonchev–Trinajstić information content (AvgIpc) is 1.98. The van der Waals surface area contributed by atoms with Gasteiger partial charge in [0, 0.05) is 6.61 Å². The minimum atomic E-state index is -0.241. The second kappa shape index (κ2) is 5.74. The van der Waals surface area contributed by atoms with Crippen LogP contribution >= 0.6 is 11.8 Å². The maximum Gasteiger partial charge on any atom is 0.217 e. The molecule has 1 unspecified atom stereocenters. The first-order chi connectivity index (χ1) is 4.72. The molecule has 2 nitrogen and oxygen atoms in total. The fourth-order valence-corrected chi connectivity index (χ4v) is 0.929. The van der Waals surface area contributed by atoms with Gasteiger partial charge in [-0.25, -0.2) is 0 Å². The lowest BCUT2D eigenvalue weighted by Crippen LogP contribution is -2.17. The summed E-state index contributed by atoms with van der Waals surface area (Å²) in [6.45, 7) is 4.48. The molecule has 3 heteroatoms. The molecule has 0 fully saturated rings. The van der Waals surface area contributed by atoms with E-state index in [1.165, 1.54) is 11.8 Å². The Balaban J connectivity index is 3.41. The quantitative estimate of drug-likeness (QED) is 0.629. The molecule has 0 aliphatic rings. The van der Waals surface area contributed by atoms with E-state index in [1.54, 1.807) is 13.2 Å². The molecular weight excluding hydrogens is 148 g/mol. The number of carbonyl (C=O) groups is 1. The first-order valence-electron chi connectivity index (χ1n) is 3.41. The van der Waals surface area contributed by atoms with Gasteiger partial charge in [-0.3, -0.25) is 4.79 Å². The van der Waals surface area contributed by atoms with Crippen LogP contribution in [0, 0.1) is 0 Å². The predicted molar refractivity (Wildman–Crippen MR) is 44.2 cm³/mol. The summed E-state index contributed by atoms with van der Waals surface area (Å²) in [6.07, 6.45) is 2.50. The smallest absolute Gasteiger partial charge is 0.217 e. The van der Waals surface area contributed by atoms with Crippen LogP contribution in [0.2, 0.25) is 0 Å². The Morgan fingerprint density at radius 3 is 2.70 bits per heavy atom. The molecule has 10 heavy (non-hydrogen) atoms. The van der Waals surface area contributed by atoms with Gasteiger partial charge in [0.05, 0.1) is 0 Å². The number of hydrogen-bond donors (Lipinski definition) is 0. The molecule has 0 saturated carbocycles. The summed E-state index contributed by atoms with van der Waals surface area (Å²) in [5, 5.41) is 0.105. The van der Waals surface area contributed by atoms with Gasteiger partial charge in [-0.1, -0.05) is 18.7 Å². The van der Waals surface area contributed by atoms with Gasteiger partial charge >= 0.3 is 0 Å². The van der Waals surface area contributed by atoms with Crippen molar-refractivity contribution in [3.05, 3.63) is 0 Å². The van der Waals surface area contributed by atoms with Crippen molar-refractivity contribution >= 4 is 16.9 Å². The van der Waals surface area contributed by atoms with E-state index >= 15 is 0 Å². The zero-order valence-corrected chi connectivity index (χ0v) is 7.53. The molecule has 0 spiro atoms. The van der Waals surface area contributed by atoms with Gasteiger partial charge < -0.3 is 4.74 Å². The summed E-state index contributed by atoms with van der Waals surface area (Å²) in [7, 11) is 0. The minimum Gasteiger partial charge on any atom is -0.370 e. The van der Waals surface area contributed by atoms with E-state index in [4.69, 9.17) is 4.74 Å². The van der Waals surface area contributed by atoms with E-state index in [2.05, 4.69) is 0 Å². The Morgan fingerprint density at radius 1 is 1.70 bits per heavy atom. The predicted octanol–water partition coefficient (Wildman–Crippen LogP) is 1.69. The van der Waals surface area contributed by atoms with Crippen LogP contribution in [0.4, 0.5) is 0 Å². The van der Waals surface area contributed by atoms with E-state index in [0.29, 0.717) is 6.61 Å². The van der Waals surface area contributed by atoms with E-state index < -0.39 is 0 Å². The van der Waals surface area contributed by atoms with E-state index in [1.807, 2.05) is 6.92 Å². The third kappa shape index (κ3) is 3.90. The number of hydrogen-bond acceptors (Lipinski definition) is 3. The molecule has 0 rings (SSSR count). The lowest BCUT2D eigenvalue weighted by atomic mass is 10.4. The Kier molecular flexibility index (Phi) is 5.73. The zero-order valence-electron chi connectivity index (χ0n) is 6.72. The van der Waals surface area contributed by atoms with Crippen LogP contribution in [0.15, 0.2) is 0 Å². The summed E-state index contributed by atoms with van der Waals surface area (Å²) in [5.41, 5.74) is 0. The Hall–Kier alpha value is -0.0200. The normalized spacial score (nSPS) is 13.1. The lowest BCUT2D eigenvalue weighted by Gasteiger charge is -2.08. The second-order valence-electron chi connectivity index (χ2n) is 2.04. The Bertz CT molecular complexity index is 104. The fraction of sp³-hybridized carbons (Fsp3) is 0.857. The van der Waals surface area contributed by atoms with Crippen LogP contribution in [0.3, 0.4) is 0 Å². The van der Waals surface area contributed by atoms with Crippen molar-refractivity contribution in [1.29, 1.82) is 0 Å². The van der Waals surface area contributed by atoms with Crippen LogP contribution in [-0.2, 0) is 9.53 Å². The second-order valence-corrected chi connectivity index (χ2v) is 2.85. The lowest BCUT2D eigenvalue weighted by molar-refractivity contribution is -0.120. The molecule has 1 atom stereocenters. The molecule has 0 aliphatic heterocycles. The molecule has 0 heterocycles. The standard InChI is InChI=1S/C7H14O2S/c1-4-5-9-6(2)7(8)10-3/h6H,4-5H2,1-3H3. The molecule has 0 saturated heterocycles. The molecule has 0 aromatic rings. The highest BCUT2D eigenvalue weighted by molar-refractivity contribution is 8.13. The van der Waals surface area contributed by atoms with Crippen LogP contribution in [0.5, 0.6) is 0 Å². The van der Waals surface area contributed by atoms with Crippen molar-refractivity contribution in [3.8, 4) is 0 Å². The van der Waals surface area contributed by atoms with Gasteiger partial charge in [-0.05, 0) is 19.6 Å². The minimum absolute atomic E-state index is 0.105. The van der Waals surface area contributed by atoms with Crippen LogP contribution in [0.25, 0.3) is 0 Å². The molecule has 0 aromatic carbocycles. The van der Waals surface area contributed by atoms with Crippen LogP contribution in [-0.4, -0.2) is 24.1 Å². The third-order valence-corrected chi connectivity index (χ3v) is 1.84. The number of ether oxygens (including phenoxy) is 1. The van der Waals surface area contributed by atoms with Crippen LogP contribution in [0.1, 0.15) is 20.3 Å². The van der Waals surface area contributed by atoms with Gasteiger partial charge in [0.15, 0.2) is 0 Å². The third-order valence-electron chi connectivity index (χ3n) is 1.11. The average molecular weight is 162 g/mol. The topological polar surface area (TPSA) is 26.3 Å². The Morgan fingerprint density at radius 2 is 2.30 bits per heavy atom. The van der Waals surface area contributed by atoms with E-state index in [-0.39, 0.29) is 11.2 Å². The summed E-state index contributed by atoms with van der Waals surface area (Å²) in [4.78, 5) is 10.9. The molecule has 0 aliphatic carbocycles. The van der Waals surface area contributed by atoms with Gasteiger partial charge in [0.1, 0.15) is 6.10 Å². The first kappa shape index (κ1) is 9.98. The molecule has 0 bridgehead atoms. The van der Waals surface area contributed by atoms with Crippen molar-refractivity contribution < 1.29 is 9.53 Å². The number of thioether (sulfide) groups is 1. The van der Waals surface area contributed by atoms with Gasteiger partial charge in [0.2, 0.25) is 5.12 Å². The van der Waals surface area contributed by atoms with Crippen molar-refractivity contribution in [1.82, 2.24) is 0 Å². The van der Waals surface area contributed by atoms with Crippen LogP contribution < -0.4 is 0 Å². The molecular formula is C7H14O2S. The largest absolute Gasteiger partial charge is 0.370 e. The molecule has 0 aromatic heterocycles. The maximum absolute atomic E-state index is 10.9. The van der Waals surface area contributed by atoms with E-state index in [9.17, 15) is 4.79 Å². The molecule has 0 radical (unpaired) electrons. The first-order valence-corrected chi connectivity index (χ1v) is 4.64. The zero-order chi connectivity index (χ0) is 7.98. The molecule has 60 valence electrons. The highest BCUT2D eigenvalue weighted by Crippen LogP contribution is 2.03. The van der Waals surface area contributed by atoms with Crippen molar-refractivity contribution in [2.75, 3.05) is 12.9 Å². The summed E-state index contributed by atoms with van der Waals surface area (Å²) >= 11 is 1.22. The van der Waals surface area contributed by atoms with E-state index in [0.717, 1.165) is 6.42 Å². The number of rotatable bonds is 4. The highest BCUT2D eigenvalue weighted by Gasteiger charge is 2.09. The maximum atomic E-state index is 10.9. The fourth-order valence-electron chi connectivity index (χ4n) is 0.529. The van der Waals surface area contributed by atoms with Gasteiger partial charge in [-0.15, -0.1) is 0 Å². The summed E-state index contributed by atoms with van der Waals surface area (Å²) < 4.78 is 5.17. The number of carbonyl (C=O) groups excluding carboxylic acids is 1.